The summed E-state index contributed by atoms with van der Waals surface area (Å²) in [6.07, 6.45) is 6.28. The molecule has 1 saturated carbocycles. The van der Waals surface area contributed by atoms with Crippen LogP contribution < -0.4 is 4.90 Å². The number of anilines is 1. The van der Waals surface area contributed by atoms with Gasteiger partial charge in [-0.2, -0.15) is 0 Å². The number of aromatic nitrogens is 2. The first kappa shape index (κ1) is 15.6. The van der Waals surface area contributed by atoms with Gasteiger partial charge in [-0.15, -0.1) is 0 Å². The topological polar surface area (TPSA) is 38.1 Å². The Bertz CT molecular complexity index is 864. The molecule has 1 aromatic heterocycles. The summed E-state index contributed by atoms with van der Waals surface area (Å²) in [5.41, 5.74) is 2.67. The lowest BCUT2D eigenvalue weighted by molar-refractivity contribution is 0.0988. The SMILES string of the molecule is CCN(C(=O)c1ccc(-n2ccnc2C2CC2)cc1)c1ccccc1. The number of carbonyl (C=O) groups is 1. The molecule has 4 nitrogen and oxygen atoms in total. The average Bonchev–Trinajstić information content (AvgIpc) is 3.40. The summed E-state index contributed by atoms with van der Waals surface area (Å²) in [6.45, 7) is 2.63. The fraction of sp³-hybridized carbons (Fsp3) is 0.238. The molecule has 0 radical (unpaired) electrons. The van der Waals surface area contributed by atoms with Gasteiger partial charge in [0.25, 0.3) is 5.91 Å². The van der Waals surface area contributed by atoms with Gasteiger partial charge < -0.3 is 9.47 Å². The van der Waals surface area contributed by atoms with E-state index in [2.05, 4.69) is 9.55 Å². The standard InChI is InChI=1S/C21H21N3O/c1-2-23(18-6-4-3-5-7-18)21(25)17-10-12-19(13-11-17)24-15-14-22-20(24)16-8-9-16/h3-7,10-16H,2,8-9H2,1H3. The Hall–Kier alpha value is -2.88. The van der Waals surface area contributed by atoms with Gasteiger partial charge in [0.05, 0.1) is 0 Å². The molecule has 0 saturated heterocycles. The Morgan fingerprint density at radius 3 is 2.48 bits per heavy atom. The Kier molecular flexibility index (Phi) is 4.10. The number of hydrogen-bond acceptors (Lipinski definition) is 2. The summed E-state index contributed by atoms with van der Waals surface area (Å²) in [6, 6.07) is 17.6. The molecule has 4 heteroatoms. The van der Waals surface area contributed by atoms with Crippen LogP contribution in [-0.2, 0) is 0 Å². The first-order chi connectivity index (χ1) is 12.3. The highest BCUT2D eigenvalue weighted by Crippen LogP contribution is 2.39. The van der Waals surface area contributed by atoms with E-state index in [1.807, 2.05) is 73.9 Å². The zero-order chi connectivity index (χ0) is 17.2. The van der Waals surface area contributed by atoms with E-state index in [0.717, 1.165) is 17.2 Å². The third kappa shape index (κ3) is 3.07. The highest BCUT2D eigenvalue weighted by molar-refractivity contribution is 6.06. The highest BCUT2D eigenvalue weighted by atomic mass is 16.2. The molecule has 0 unspecified atom stereocenters. The molecule has 1 heterocycles. The molecule has 4 rings (SSSR count). The van der Waals surface area contributed by atoms with Crippen LogP contribution in [0, 0.1) is 0 Å². The number of carbonyl (C=O) groups excluding carboxylic acids is 1. The van der Waals surface area contributed by atoms with Crippen molar-refractivity contribution >= 4 is 11.6 Å². The number of imidazole rings is 1. The Balaban J connectivity index is 1.59. The van der Waals surface area contributed by atoms with Crippen molar-refractivity contribution in [3.63, 3.8) is 0 Å². The van der Waals surface area contributed by atoms with E-state index in [4.69, 9.17) is 0 Å². The van der Waals surface area contributed by atoms with E-state index in [1.165, 1.54) is 12.8 Å². The van der Waals surface area contributed by atoms with Crippen LogP contribution in [0.4, 0.5) is 5.69 Å². The molecule has 0 aliphatic heterocycles. The fourth-order valence-corrected chi connectivity index (χ4v) is 3.15. The maximum absolute atomic E-state index is 12.9. The molecule has 1 fully saturated rings. The van der Waals surface area contributed by atoms with Crippen LogP contribution in [0.3, 0.4) is 0 Å². The van der Waals surface area contributed by atoms with Gasteiger partial charge in [-0.25, -0.2) is 4.98 Å². The van der Waals surface area contributed by atoms with Crippen molar-refractivity contribution in [2.24, 2.45) is 0 Å². The zero-order valence-electron chi connectivity index (χ0n) is 14.3. The molecule has 126 valence electrons. The lowest BCUT2D eigenvalue weighted by atomic mass is 10.1. The van der Waals surface area contributed by atoms with Crippen molar-refractivity contribution in [3.05, 3.63) is 78.4 Å². The molecule has 0 bridgehead atoms. The second kappa shape index (κ2) is 6.55. The predicted molar refractivity (Wildman–Crippen MR) is 99.3 cm³/mol. The number of para-hydroxylation sites is 1. The quantitative estimate of drug-likeness (QED) is 0.694. The van der Waals surface area contributed by atoms with Gasteiger partial charge in [-0.1, -0.05) is 18.2 Å². The van der Waals surface area contributed by atoms with Crippen molar-refractivity contribution in [3.8, 4) is 5.69 Å². The minimum atomic E-state index is 0.0216. The van der Waals surface area contributed by atoms with Gasteiger partial charge in [0.2, 0.25) is 0 Å². The number of hydrogen-bond donors (Lipinski definition) is 0. The van der Waals surface area contributed by atoms with Crippen molar-refractivity contribution in [2.75, 3.05) is 11.4 Å². The minimum Gasteiger partial charge on any atom is -0.309 e. The number of amides is 1. The lowest BCUT2D eigenvalue weighted by Crippen LogP contribution is -2.30. The van der Waals surface area contributed by atoms with E-state index in [9.17, 15) is 4.79 Å². The van der Waals surface area contributed by atoms with Crippen LogP contribution in [0.1, 0.15) is 41.9 Å². The van der Waals surface area contributed by atoms with Gasteiger partial charge >= 0.3 is 0 Å². The summed E-state index contributed by atoms with van der Waals surface area (Å²) in [5.74, 6) is 1.73. The third-order valence-corrected chi connectivity index (χ3v) is 4.63. The van der Waals surface area contributed by atoms with Gasteiger partial charge in [-0.3, -0.25) is 4.79 Å². The zero-order valence-corrected chi connectivity index (χ0v) is 14.3. The Morgan fingerprint density at radius 2 is 1.84 bits per heavy atom. The largest absolute Gasteiger partial charge is 0.309 e. The van der Waals surface area contributed by atoms with Crippen LogP contribution in [0.25, 0.3) is 5.69 Å². The number of benzene rings is 2. The van der Waals surface area contributed by atoms with E-state index in [-0.39, 0.29) is 5.91 Å². The lowest BCUT2D eigenvalue weighted by Gasteiger charge is -2.21. The highest BCUT2D eigenvalue weighted by Gasteiger charge is 2.28. The van der Waals surface area contributed by atoms with E-state index in [0.29, 0.717) is 18.0 Å². The van der Waals surface area contributed by atoms with Gasteiger partial charge in [0.1, 0.15) is 5.82 Å². The molecule has 2 aromatic carbocycles. The molecule has 3 aromatic rings. The van der Waals surface area contributed by atoms with Crippen LogP contribution in [0.2, 0.25) is 0 Å². The third-order valence-electron chi connectivity index (χ3n) is 4.63. The molecular weight excluding hydrogens is 310 g/mol. The van der Waals surface area contributed by atoms with Crippen LogP contribution in [-0.4, -0.2) is 22.0 Å². The van der Waals surface area contributed by atoms with Crippen LogP contribution >= 0.6 is 0 Å². The molecule has 0 atom stereocenters. The summed E-state index contributed by atoms with van der Waals surface area (Å²) in [5, 5.41) is 0. The molecule has 0 N–H and O–H groups in total. The van der Waals surface area contributed by atoms with Gasteiger partial charge in [0.15, 0.2) is 0 Å². The smallest absolute Gasteiger partial charge is 0.258 e. The van der Waals surface area contributed by atoms with Crippen molar-refractivity contribution < 1.29 is 4.79 Å². The molecular formula is C21H21N3O. The molecule has 1 aliphatic carbocycles. The van der Waals surface area contributed by atoms with Gasteiger partial charge in [0, 0.05) is 41.8 Å². The van der Waals surface area contributed by atoms with E-state index < -0.39 is 0 Å². The summed E-state index contributed by atoms with van der Waals surface area (Å²) in [4.78, 5) is 19.1. The first-order valence-electron chi connectivity index (χ1n) is 8.78. The monoisotopic (exact) mass is 331 g/mol. The summed E-state index contributed by atoms with van der Waals surface area (Å²) in [7, 11) is 0. The Labute approximate surface area is 147 Å². The number of nitrogens with zero attached hydrogens (tertiary/aromatic N) is 3. The summed E-state index contributed by atoms with van der Waals surface area (Å²) >= 11 is 0. The molecule has 25 heavy (non-hydrogen) atoms. The van der Waals surface area contributed by atoms with E-state index >= 15 is 0 Å². The van der Waals surface area contributed by atoms with Gasteiger partial charge in [-0.05, 0) is 56.2 Å². The van der Waals surface area contributed by atoms with Crippen molar-refractivity contribution in [1.82, 2.24) is 9.55 Å². The maximum Gasteiger partial charge on any atom is 0.258 e. The van der Waals surface area contributed by atoms with Crippen LogP contribution in [0.5, 0.6) is 0 Å². The van der Waals surface area contributed by atoms with E-state index in [1.54, 1.807) is 4.90 Å². The second-order valence-corrected chi connectivity index (χ2v) is 6.36. The van der Waals surface area contributed by atoms with Crippen molar-refractivity contribution in [2.45, 2.75) is 25.7 Å². The molecule has 1 amide bonds. The van der Waals surface area contributed by atoms with Crippen LogP contribution in [0.15, 0.2) is 67.0 Å². The first-order valence-corrected chi connectivity index (χ1v) is 8.78. The van der Waals surface area contributed by atoms with Crippen molar-refractivity contribution in [1.29, 1.82) is 0 Å². The summed E-state index contributed by atoms with van der Waals surface area (Å²) < 4.78 is 2.13. The minimum absolute atomic E-state index is 0.0216. The Morgan fingerprint density at radius 1 is 1.12 bits per heavy atom. The predicted octanol–water partition coefficient (Wildman–Crippen LogP) is 4.42. The fourth-order valence-electron chi connectivity index (χ4n) is 3.15. The number of rotatable bonds is 5. The molecule has 1 aliphatic rings. The second-order valence-electron chi connectivity index (χ2n) is 6.36. The average molecular weight is 331 g/mol. The molecule has 0 spiro atoms. The normalized spacial score (nSPS) is 13.6. The maximum atomic E-state index is 12.9.